The fourth-order valence-corrected chi connectivity index (χ4v) is 2.16. The number of amides is 1. The van der Waals surface area contributed by atoms with Crippen LogP contribution in [0.4, 0.5) is 0 Å². The van der Waals surface area contributed by atoms with E-state index < -0.39 is 5.41 Å². The number of nitrogens with two attached hydrogens (primary N) is 1. The van der Waals surface area contributed by atoms with E-state index in [1.807, 2.05) is 0 Å². The molecule has 7 heteroatoms. The number of nitrogens with one attached hydrogen (secondary N) is 1. The van der Waals surface area contributed by atoms with Crippen molar-refractivity contribution in [2.45, 2.75) is 25.7 Å². The van der Waals surface area contributed by atoms with Crippen molar-refractivity contribution >= 4 is 11.7 Å². The monoisotopic (exact) mass is 273 g/mol. The quantitative estimate of drug-likeness (QED) is 0.200. The molecule has 0 aromatic carbocycles. The first-order chi connectivity index (χ1) is 9.17. The number of amidine groups is 1. The van der Waals surface area contributed by atoms with Crippen molar-refractivity contribution in [2.24, 2.45) is 16.3 Å². The minimum absolute atomic E-state index is 0.0369. The van der Waals surface area contributed by atoms with E-state index in [-0.39, 0.29) is 11.7 Å². The van der Waals surface area contributed by atoms with Crippen LogP contribution in [-0.4, -0.2) is 50.4 Å². The molecular weight excluding hydrogens is 250 g/mol. The lowest BCUT2D eigenvalue weighted by Gasteiger charge is -2.34. The van der Waals surface area contributed by atoms with E-state index in [4.69, 9.17) is 20.4 Å². The van der Waals surface area contributed by atoms with E-state index in [2.05, 4.69) is 10.5 Å². The molecule has 0 unspecified atom stereocenters. The Morgan fingerprint density at radius 2 is 2.16 bits per heavy atom. The minimum atomic E-state index is -0.936. The summed E-state index contributed by atoms with van der Waals surface area (Å²) in [6.07, 6.45) is 2.60. The predicted octanol–water partition coefficient (Wildman–Crippen LogP) is 0.0724. The maximum Gasteiger partial charge on any atom is 0.234 e. The molecule has 1 saturated heterocycles. The molecule has 1 fully saturated rings. The van der Waals surface area contributed by atoms with Gasteiger partial charge in [-0.1, -0.05) is 5.16 Å². The molecule has 0 saturated carbocycles. The molecule has 1 aliphatic rings. The number of carbonyl (C=O) groups excluding carboxylic acids is 1. The Hall–Kier alpha value is -1.34. The molecule has 0 aromatic heterocycles. The Kier molecular flexibility index (Phi) is 6.58. The molecule has 4 N–H and O–H groups in total. The number of methoxy groups -OCH3 is 1. The Labute approximate surface area is 113 Å². The van der Waals surface area contributed by atoms with Gasteiger partial charge in [0.25, 0.3) is 0 Å². The van der Waals surface area contributed by atoms with Crippen LogP contribution in [0.5, 0.6) is 0 Å². The number of unbranched alkanes of at least 4 members (excludes halogenated alkanes) is 1. The summed E-state index contributed by atoms with van der Waals surface area (Å²) in [5, 5.41) is 14.7. The predicted molar refractivity (Wildman–Crippen MR) is 70.0 cm³/mol. The molecule has 0 bridgehead atoms. The van der Waals surface area contributed by atoms with Crippen LogP contribution >= 0.6 is 0 Å². The Balaban J connectivity index is 2.53. The van der Waals surface area contributed by atoms with Crippen LogP contribution < -0.4 is 11.1 Å². The highest BCUT2D eigenvalue weighted by atomic mass is 16.5. The van der Waals surface area contributed by atoms with Gasteiger partial charge in [-0.3, -0.25) is 4.79 Å². The summed E-state index contributed by atoms with van der Waals surface area (Å²) in [5.74, 6) is -0.228. The van der Waals surface area contributed by atoms with Gasteiger partial charge in [0.1, 0.15) is 5.41 Å². The van der Waals surface area contributed by atoms with Crippen LogP contribution in [0.15, 0.2) is 5.16 Å². The van der Waals surface area contributed by atoms with E-state index in [1.165, 1.54) is 0 Å². The number of carbonyl (C=O) groups is 1. The smallest absolute Gasteiger partial charge is 0.234 e. The van der Waals surface area contributed by atoms with Crippen molar-refractivity contribution in [3.63, 3.8) is 0 Å². The summed E-state index contributed by atoms with van der Waals surface area (Å²) in [6, 6.07) is 0. The average Bonchev–Trinajstić information content (AvgIpc) is 2.46. The molecular formula is C12H23N3O4. The molecule has 110 valence electrons. The molecule has 0 aromatic rings. The molecule has 1 rings (SSSR count). The zero-order chi connectivity index (χ0) is 14.1. The standard InChI is InChI=1S/C12H23N3O4/c1-18-7-3-2-6-14-11(16)12(10(13)15-17)4-8-19-9-5-12/h17H,2-9H2,1H3,(H2,13,15)(H,14,16). The normalized spacial score (nSPS) is 19.1. The van der Waals surface area contributed by atoms with Crippen molar-refractivity contribution in [1.29, 1.82) is 0 Å². The summed E-state index contributed by atoms with van der Waals surface area (Å²) >= 11 is 0. The molecule has 19 heavy (non-hydrogen) atoms. The highest BCUT2D eigenvalue weighted by Crippen LogP contribution is 2.31. The second-order valence-electron chi connectivity index (χ2n) is 4.64. The number of hydrogen-bond acceptors (Lipinski definition) is 5. The lowest BCUT2D eigenvalue weighted by atomic mass is 9.78. The van der Waals surface area contributed by atoms with Crippen molar-refractivity contribution < 1.29 is 19.5 Å². The molecule has 1 aliphatic heterocycles. The number of rotatable bonds is 7. The third-order valence-corrected chi connectivity index (χ3v) is 3.44. The van der Waals surface area contributed by atoms with Crippen LogP contribution in [0, 0.1) is 5.41 Å². The van der Waals surface area contributed by atoms with Gasteiger partial charge in [-0.25, -0.2) is 0 Å². The lowest BCUT2D eigenvalue weighted by Crippen LogP contribution is -2.52. The SMILES string of the molecule is COCCCCNC(=O)C1(C(N)=NO)CCOCC1. The maximum absolute atomic E-state index is 12.3. The third kappa shape index (κ3) is 4.07. The maximum atomic E-state index is 12.3. The molecule has 7 nitrogen and oxygen atoms in total. The van der Waals surface area contributed by atoms with Gasteiger partial charge in [0.15, 0.2) is 5.84 Å². The van der Waals surface area contributed by atoms with E-state index in [0.29, 0.717) is 39.2 Å². The van der Waals surface area contributed by atoms with Crippen LogP contribution in [0.3, 0.4) is 0 Å². The Bertz CT molecular complexity index is 314. The van der Waals surface area contributed by atoms with Crippen LogP contribution in [-0.2, 0) is 14.3 Å². The summed E-state index contributed by atoms with van der Waals surface area (Å²) in [4.78, 5) is 12.3. The molecule has 1 amide bonds. The second kappa shape index (κ2) is 7.96. The van der Waals surface area contributed by atoms with Crippen LogP contribution in [0.1, 0.15) is 25.7 Å². The topological polar surface area (TPSA) is 106 Å². The molecule has 1 heterocycles. The molecule has 0 atom stereocenters. The van der Waals surface area contributed by atoms with E-state index >= 15 is 0 Å². The Morgan fingerprint density at radius 3 is 2.74 bits per heavy atom. The minimum Gasteiger partial charge on any atom is -0.409 e. The van der Waals surface area contributed by atoms with Gasteiger partial charge in [0.05, 0.1) is 0 Å². The first-order valence-corrected chi connectivity index (χ1v) is 6.50. The van der Waals surface area contributed by atoms with E-state index in [9.17, 15) is 4.79 Å². The highest BCUT2D eigenvalue weighted by molar-refractivity contribution is 6.06. The average molecular weight is 273 g/mol. The lowest BCUT2D eigenvalue weighted by molar-refractivity contribution is -0.131. The van der Waals surface area contributed by atoms with Crippen molar-refractivity contribution in [3.8, 4) is 0 Å². The summed E-state index contributed by atoms with van der Waals surface area (Å²) in [6.45, 7) is 2.11. The van der Waals surface area contributed by atoms with E-state index in [1.54, 1.807) is 7.11 Å². The summed E-state index contributed by atoms with van der Waals surface area (Å²) in [7, 11) is 1.65. The van der Waals surface area contributed by atoms with Crippen molar-refractivity contribution in [3.05, 3.63) is 0 Å². The summed E-state index contributed by atoms with van der Waals surface area (Å²) < 4.78 is 10.2. The van der Waals surface area contributed by atoms with Gasteiger partial charge >= 0.3 is 0 Å². The van der Waals surface area contributed by atoms with Gasteiger partial charge in [0.2, 0.25) is 5.91 Å². The van der Waals surface area contributed by atoms with Crippen molar-refractivity contribution in [1.82, 2.24) is 5.32 Å². The first-order valence-electron chi connectivity index (χ1n) is 6.50. The highest BCUT2D eigenvalue weighted by Gasteiger charge is 2.44. The zero-order valence-electron chi connectivity index (χ0n) is 11.4. The molecule has 0 radical (unpaired) electrons. The Morgan fingerprint density at radius 1 is 1.47 bits per heavy atom. The van der Waals surface area contributed by atoms with Crippen LogP contribution in [0.2, 0.25) is 0 Å². The largest absolute Gasteiger partial charge is 0.409 e. The first kappa shape index (κ1) is 15.7. The molecule has 0 spiro atoms. The molecule has 0 aliphatic carbocycles. The van der Waals surface area contributed by atoms with Gasteiger partial charge in [-0.15, -0.1) is 0 Å². The summed E-state index contributed by atoms with van der Waals surface area (Å²) in [5.41, 5.74) is 4.76. The second-order valence-corrected chi connectivity index (χ2v) is 4.64. The zero-order valence-corrected chi connectivity index (χ0v) is 11.4. The van der Waals surface area contributed by atoms with Crippen molar-refractivity contribution in [2.75, 3.05) is 33.5 Å². The fourth-order valence-electron chi connectivity index (χ4n) is 2.16. The third-order valence-electron chi connectivity index (χ3n) is 3.44. The van der Waals surface area contributed by atoms with Crippen LogP contribution in [0.25, 0.3) is 0 Å². The number of nitrogens with zero attached hydrogens (tertiary/aromatic N) is 1. The number of ether oxygens (including phenoxy) is 2. The number of hydrogen-bond donors (Lipinski definition) is 3. The van der Waals surface area contributed by atoms with Gasteiger partial charge < -0.3 is 25.7 Å². The van der Waals surface area contributed by atoms with E-state index in [0.717, 1.165) is 12.8 Å². The van der Waals surface area contributed by atoms with Gasteiger partial charge in [0, 0.05) is 33.5 Å². The van der Waals surface area contributed by atoms with Gasteiger partial charge in [-0.2, -0.15) is 0 Å². The fraction of sp³-hybridized carbons (Fsp3) is 0.833. The van der Waals surface area contributed by atoms with Gasteiger partial charge in [-0.05, 0) is 25.7 Å². The number of oxime groups is 1.